The van der Waals surface area contributed by atoms with Crippen molar-refractivity contribution in [1.29, 1.82) is 0 Å². The maximum absolute atomic E-state index is 13.7. The van der Waals surface area contributed by atoms with Crippen LogP contribution in [0.3, 0.4) is 0 Å². The summed E-state index contributed by atoms with van der Waals surface area (Å²) in [6.07, 6.45) is 0.339. The Labute approximate surface area is 120 Å². The van der Waals surface area contributed by atoms with Gasteiger partial charge in [-0.2, -0.15) is 0 Å². The second kappa shape index (κ2) is 5.63. The summed E-state index contributed by atoms with van der Waals surface area (Å²) in [5.74, 6) is 5.47. The third kappa shape index (κ3) is 2.79. The van der Waals surface area contributed by atoms with E-state index < -0.39 is 6.04 Å². The molecule has 21 heavy (non-hydrogen) atoms. The number of hydrogen-bond donors (Lipinski definition) is 2. The summed E-state index contributed by atoms with van der Waals surface area (Å²) in [6, 6.07) is 12.1. The molecule has 0 radical (unpaired) electrons. The van der Waals surface area contributed by atoms with E-state index in [2.05, 4.69) is 5.43 Å². The molecule has 5 heteroatoms. The normalized spacial score (nSPS) is 12.7. The topological polar surface area (TPSA) is 51.2 Å². The Kier molecular flexibility index (Phi) is 3.68. The summed E-state index contributed by atoms with van der Waals surface area (Å²) in [6.45, 7) is 0. The molecular weight excluding hydrogens is 274 g/mol. The number of nitrogens with two attached hydrogens (primary N) is 1. The summed E-state index contributed by atoms with van der Waals surface area (Å²) >= 11 is 0. The van der Waals surface area contributed by atoms with Gasteiger partial charge in [-0.1, -0.05) is 18.2 Å². The largest absolute Gasteiger partial charge is 0.459 e. The van der Waals surface area contributed by atoms with Crippen molar-refractivity contribution in [3.63, 3.8) is 0 Å². The first kappa shape index (κ1) is 13.7. The van der Waals surface area contributed by atoms with E-state index in [9.17, 15) is 8.78 Å². The first-order chi connectivity index (χ1) is 10.2. The van der Waals surface area contributed by atoms with Crippen LogP contribution in [0.15, 0.2) is 52.9 Å². The van der Waals surface area contributed by atoms with Crippen LogP contribution in [0.4, 0.5) is 8.78 Å². The number of nitrogens with one attached hydrogen (secondary N) is 1. The zero-order chi connectivity index (χ0) is 14.8. The Balaban J connectivity index is 1.93. The van der Waals surface area contributed by atoms with E-state index in [-0.39, 0.29) is 11.6 Å². The Hall–Kier alpha value is -2.24. The molecule has 3 rings (SSSR count). The Morgan fingerprint density at radius 2 is 1.90 bits per heavy atom. The molecule has 0 aliphatic rings. The van der Waals surface area contributed by atoms with Gasteiger partial charge in [-0.05, 0) is 42.3 Å². The van der Waals surface area contributed by atoms with Gasteiger partial charge in [0.1, 0.15) is 23.0 Å². The third-order valence-electron chi connectivity index (χ3n) is 3.42. The molecule has 0 aliphatic carbocycles. The van der Waals surface area contributed by atoms with Crippen molar-refractivity contribution in [2.24, 2.45) is 5.84 Å². The van der Waals surface area contributed by atoms with Gasteiger partial charge in [-0.3, -0.25) is 5.84 Å². The zero-order valence-corrected chi connectivity index (χ0v) is 11.1. The Bertz CT molecular complexity index is 770. The van der Waals surface area contributed by atoms with Gasteiger partial charge in [0.05, 0.1) is 6.04 Å². The first-order valence-electron chi connectivity index (χ1n) is 6.56. The van der Waals surface area contributed by atoms with Crippen LogP contribution in [0.25, 0.3) is 11.0 Å². The molecule has 108 valence electrons. The minimum atomic E-state index is -0.391. The van der Waals surface area contributed by atoms with E-state index >= 15 is 0 Å². The maximum atomic E-state index is 13.7. The first-order valence-corrected chi connectivity index (χ1v) is 6.56. The molecule has 0 saturated heterocycles. The van der Waals surface area contributed by atoms with Crippen LogP contribution in [-0.2, 0) is 6.42 Å². The van der Waals surface area contributed by atoms with E-state index in [0.717, 1.165) is 0 Å². The van der Waals surface area contributed by atoms with Crippen LogP contribution in [0.2, 0.25) is 0 Å². The molecule has 3 aromatic rings. The van der Waals surface area contributed by atoms with Crippen molar-refractivity contribution < 1.29 is 13.2 Å². The minimum Gasteiger partial charge on any atom is -0.459 e. The van der Waals surface area contributed by atoms with Crippen LogP contribution in [0.5, 0.6) is 0 Å². The lowest BCUT2D eigenvalue weighted by Crippen LogP contribution is -2.29. The molecule has 0 fully saturated rings. The van der Waals surface area contributed by atoms with Crippen LogP contribution in [0, 0.1) is 11.6 Å². The van der Waals surface area contributed by atoms with Crippen LogP contribution in [0.1, 0.15) is 17.4 Å². The zero-order valence-electron chi connectivity index (χ0n) is 11.1. The molecule has 3 N–H and O–H groups in total. The van der Waals surface area contributed by atoms with Gasteiger partial charge in [-0.15, -0.1) is 0 Å². The fraction of sp³-hybridized carbons (Fsp3) is 0.125. The summed E-state index contributed by atoms with van der Waals surface area (Å²) in [5.41, 5.74) is 3.72. The molecule has 1 heterocycles. The van der Waals surface area contributed by atoms with E-state index in [1.165, 1.54) is 18.2 Å². The molecule has 1 unspecified atom stereocenters. The number of benzene rings is 2. The van der Waals surface area contributed by atoms with Crippen molar-refractivity contribution >= 4 is 11.0 Å². The molecule has 1 atom stereocenters. The fourth-order valence-electron chi connectivity index (χ4n) is 2.33. The molecule has 1 aromatic heterocycles. The lowest BCUT2D eigenvalue weighted by atomic mass is 10.0. The highest BCUT2D eigenvalue weighted by Gasteiger charge is 2.17. The third-order valence-corrected chi connectivity index (χ3v) is 3.42. The van der Waals surface area contributed by atoms with Crippen LogP contribution in [-0.4, -0.2) is 0 Å². The number of fused-ring (bicyclic) bond motifs is 1. The van der Waals surface area contributed by atoms with E-state index in [0.29, 0.717) is 28.7 Å². The average Bonchev–Trinajstić information content (AvgIpc) is 2.89. The molecule has 0 amide bonds. The second-order valence-corrected chi connectivity index (χ2v) is 4.85. The van der Waals surface area contributed by atoms with E-state index in [1.807, 2.05) is 0 Å². The minimum absolute atomic E-state index is 0.292. The second-order valence-electron chi connectivity index (χ2n) is 4.85. The Morgan fingerprint density at radius 1 is 1.10 bits per heavy atom. The van der Waals surface area contributed by atoms with Crippen molar-refractivity contribution in [2.75, 3.05) is 0 Å². The number of furan rings is 1. The maximum Gasteiger partial charge on any atom is 0.134 e. The molecule has 3 nitrogen and oxygen atoms in total. The van der Waals surface area contributed by atoms with Crippen LogP contribution < -0.4 is 11.3 Å². The molecule has 0 bridgehead atoms. The predicted molar refractivity (Wildman–Crippen MR) is 76.3 cm³/mol. The molecular formula is C16H14F2N2O. The van der Waals surface area contributed by atoms with E-state index in [1.54, 1.807) is 30.3 Å². The van der Waals surface area contributed by atoms with Gasteiger partial charge < -0.3 is 4.42 Å². The summed E-state index contributed by atoms with van der Waals surface area (Å²) in [5, 5.41) is 0.652. The van der Waals surface area contributed by atoms with Gasteiger partial charge in [0.25, 0.3) is 0 Å². The Morgan fingerprint density at radius 3 is 2.67 bits per heavy atom. The lowest BCUT2D eigenvalue weighted by Gasteiger charge is -2.13. The van der Waals surface area contributed by atoms with Crippen LogP contribution >= 0.6 is 0 Å². The van der Waals surface area contributed by atoms with Crippen molar-refractivity contribution in [2.45, 2.75) is 12.5 Å². The molecule has 0 saturated carbocycles. The van der Waals surface area contributed by atoms with E-state index in [4.69, 9.17) is 10.3 Å². The summed E-state index contributed by atoms with van der Waals surface area (Å²) in [7, 11) is 0. The monoisotopic (exact) mass is 288 g/mol. The summed E-state index contributed by atoms with van der Waals surface area (Å²) in [4.78, 5) is 0. The lowest BCUT2D eigenvalue weighted by molar-refractivity contribution is 0.429. The molecule has 0 spiro atoms. The van der Waals surface area contributed by atoms with Gasteiger partial charge in [0.15, 0.2) is 0 Å². The smallest absolute Gasteiger partial charge is 0.134 e. The van der Waals surface area contributed by atoms with Crippen molar-refractivity contribution in [3.8, 4) is 0 Å². The molecule has 2 aromatic carbocycles. The molecule has 0 aliphatic heterocycles. The highest BCUT2D eigenvalue weighted by atomic mass is 19.1. The van der Waals surface area contributed by atoms with Gasteiger partial charge in [0, 0.05) is 5.39 Å². The fourth-order valence-corrected chi connectivity index (χ4v) is 2.33. The number of hydrogen-bond acceptors (Lipinski definition) is 3. The van der Waals surface area contributed by atoms with Gasteiger partial charge >= 0.3 is 0 Å². The average molecular weight is 288 g/mol. The van der Waals surface area contributed by atoms with Crippen molar-refractivity contribution in [1.82, 2.24) is 5.43 Å². The van der Waals surface area contributed by atoms with Gasteiger partial charge in [-0.25, -0.2) is 14.2 Å². The van der Waals surface area contributed by atoms with Gasteiger partial charge in [0.2, 0.25) is 0 Å². The standard InChI is InChI=1S/C16H14F2N2O/c17-12-5-6-15-11(7-12)9-16(21-15)14(20-19)8-10-3-1-2-4-13(10)18/h1-7,9,14,20H,8,19H2. The number of halogens is 2. The predicted octanol–water partition coefficient (Wildman–Crippen LogP) is 3.46. The summed E-state index contributed by atoms with van der Waals surface area (Å²) < 4.78 is 32.6. The number of hydrazine groups is 1. The highest BCUT2D eigenvalue weighted by Crippen LogP contribution is 2.27. The number of rotatable bonds is 4. The SMILES string of the molecule is NNC(Cc1ccccc1F)c1cc2cc(F)ccc2o1. The quantitative estimate of drug-likeness (QED) is 0.571. The highest BCUT2D eigenvalue weighted by molar-refractivity contribution is 5.78. The van der Waals surface area contributed by atoms with Crippen molar-refractivity contribution in [3.05, 3.63) is 71.5 Å².